The second kappa shape index (κ2) is 10.3. The molecule has 0 saturated heterocycles. The van der Waals surface area contributed by atoms with Crippen molar-refractivity contribution in [1.29, 1.82) is 0 Å². The number of ether oxygens (including phenoxy) is 2. The number of carboxylic acid groups (broad SMARTS) is 1. The summed E-state index contributed by atoms with van der Waals surface area (Å²) in [6, 6.07) is 14.8. The van der Waals surface area contributed by atoms with E-state index in [1.165, 1.54) is 0 Å². The Labute approximate surface area is 211 Å². The van der Waals surface area contributed by atoms with Crippen LogP contribution in [-0.4, -0.2) is 45.0 Å². The van der Waals surface area contributed by atoms with Gasteiger partial charge < -0.3 is 19.1 Å². The minimum Gasteiger partial charge on any atom is -0.497 e. The average Bonchev–Trinajstić information content (AvgIpc) is 3.43. The van der Waals surface area contributed by atoms with E-state index in [9.17, 15) is 9.90 Å². The van der Waals surface area contributed by atoms with Crippen LogP contribution in [0.15, 0.2) is 58.6 Å². The van der Waals surface area contributed by atoms with Crippen molar-refractivity contribution in [3.05, 3.63) is 75.4 Å². The number of aromatic nitrogens is 4. The fourth-order valence-corrected chi connectivity index (χ4v) is 4.49. The first kappa shape index (κ1) is 24.4. The molecule has 180 valence electrons. The number of aryl methyl sites for hydroxylation is 1. The first-order valence-corrected chi connectivity index (χ1v) is 11.7. The molecular formula is C25H23ClN4O4S. The highest BCUT2D eigenvalue weighted by Crippen LogP contribution is 2.32. The fourth-order valence-electron chi connectivity index (χ4n) is 3.66. The van der Waals surface area contributed by atoms with Crippen molar-refractivity contribution >= 4 is 35.4 Å². The third-order valence-electron chi connectivity index (χ3n) is 5.34. The number of hydrogen-bond donors (Lipinski definition) is 2. The molecule has 2 aromatic heterocycles. The van der Waals surface area contributed by atoms with Crippen LogP contribution in [0.1, 0.15) is 17.0 Å². The highest BCUT2D eigenvalue weighted by Gasteiger charge is 2.17. The number of rotatable bonds is 8. The number of benzene rings is 2. The number of aromatic amines is 1. The SMILES string of the molecule is COc1cc(OC)cc(-c2nc(S/C(=C\c3cc(C)n(-c4ccc(Cl)cc4)c3C)C(=O)O)n[nH]2)c1. The summed E-state index contributed by atoms with van der Waals surface area (Å²) >= 11 is 6.99. The standard InChI is InChI=1S/C25H23ClN4O4S/c1-14-9-16(15(2)30(14)19-7-5-18(26)6-8-19)12-22(24(31)32)35-25-27-23(28-29-25)17-10-20(33-3)13-21(11-17)34-4/h5-13H,1-4H3,(H,31,32)(H,27,28,29)/b22-12-. The normalized spacial score (nSPS) is 11.5. The van der Waals surface area contributed by atoms with Gasteiger partial charge >= 0.3 is 5.97 Å². The zero-order chi connectivity index (χ0) is 25.1. The van der Waals surface area contributed by atoms with E-state index in [1.807, 2.05) is 48.7 Å². The number of methoxy groups -OCH3 is 2. The van der Waals surface area contributed by atoms with E-state index in [2.05, 4.69) is 15.2 Å². The molecule has 0 aliphatic carbocycles. The number of nitrogens with zero attached hydrogens (tertiary/aromatic N) is 3. The van der Waals surface area contributed by atoms with Crippen LogP contribution in [0.25, 0.3) is 23.2 Å². The largest absolute Gasteiger partial charge is 0.497 e. The highest BCUT2D eigenvalue weighted by molar-refractivity contribution is 8.04. The van der Waals surface area contributed by atoms with Crippen LogP contribution < -0.4 is 9.47 Å². The maximum atomic E-state index is 12.1. The lowest BCUT2D eigenvalue weighted by Crippen LogP contribution is -2.00. The third kappa shape index (κ3) is 5.36. The molecule has 8 nitrogen and oxygen atoms in total. The van der Waals surface area contributed by atoms with Crippen molar-refractivity contribution in [2.45, 2.75) is 19.0 Å². The van der Waals surface area contributed by atoms with Crippen LogP contribution in [0.5, 0.6) is 11.5 Å². The Kier molecular flexibility index (Phi) is 7.18. The number of carboxylic acids is 1. The molecule has 0 unspecified atom stereocenters. The quantitative estimate of drug-likeness (QED) is 0.229. The molecule has 2 aromatic carbocycles. The predicted octanol–water partition coefficient (Wildman–Crippen LogP) is 5.77. The third-order valence-corrected chi connectivity index (χ3v) is 6.47. The zero-order valence-electron chi connectivity index (χ0n) is 19.5. The van der Waals surface area contributed by atoms with Gasteiger partial charge in [-0.1, -0.05) is 11.6 Å². The van der Waals surface area contributed by atoms with E-state index < -0.39 is 5.97 Å². The summed E-state index contributed by atoms with van der Waals surface area (Å²) in [5.74, 6) is 0.607. The van der Waals surface area contributed by atoms with Gasteiger partial charge in [-0.3, -0.25) is 5.10 Å². The van der Waals surface area contributed by atoms with Crippen molar-refractivity contribution in [3.8, 4) is 28.6 Å². The second-order valence-corrected chi connectivity index (χ2v) is 9.07. The Hall–Kier alpha value is -3.69. The van der Waals surface area contributed by atoms with Gasteiger partial charge in [-0.05, 0) is 79.7 Å². The molecule has 0 spiro atoms. The Morgan fingerprint density at radius 1 is 1.09 bits per heavy atom. The molecule has 35 heavy (non-hydrogen) atoms. The average molecular weight is 511 g/mol. The number of hydrogen-bond acceptors (Lipinski definition) is 6. The van der Waals surface area contributed by atoms with Crippen LogP contribution in [0.3, 0.4) is 0 Å². The van der Waals surface area contributed by atoms with Crippen LogP contribution in [-0.2, 0) is 4.79 Å². The van der Waals surface area contributed by atoms with E-state index in [1.54, 1.807) is 38.5 Å². The summed E-state index contributed by atoms with van der Waals surface area (Å²) in [4.78, 5) is 16.6. The molecule has 0 aliphatic heterocycles. The maximum Gasteiger partial charge on any atom is 0.342 e. The molecule has 0 fully saturated rings. The lowest BCUT2D eigenvalue weighted by Gasteiger charge is -2.09. The van der Waals surface area contributed by atoms with E-state index in [0.29, 0.717) is 27.9 Å². The smallest absolute Gasteiger partial charge is 0.342 e. The fraction of sp³-hybridized carbons (Fsp3) is 0.160. The second-order valence-electron chi connectivity index (χ2n) is 7.62. The topological polar surface area (TPSA) is 102 Å². The Bertz CT molecular complexity index is 1390. The Morgan fingerprint density at radius 2 is 1.74 bits per heavy atom. The molecule has 0 bridgehead atoms. The summed E-state index contributed by atoms with van der Waals surface area (Å²) in [6.45, 7) is 3.91. The number of H-pyrrole nitrogens is 1. The van der Waals surface area contributed by atoms with E-state index >= 15 is 0 Å². The molecule has 4 rings (SSSR count). The molecule has 0 amide bonds. The van der Waals surface area contributed by atoms with Gasteiger partial charge in [0.2, 0.25) is 5.16 Å². The van der Waals surface area contributed by atoms with Crippen LogP contribution in [0.2, 0.25) is 5.02 Å². The van der Waals surface area contributed by atoms with E-state index in [4.69, 9.17) is 21.1 Å². The summed E-state index contributed by atoms with van der Waals surface area (Å²) in [5.41, 5.74) is 4.31. The number of thioether (sulfide) groups is 1. The van der Waals surface area contributed by atoms with Crippen molar-refractivity contribution in [3.63, 3.8) is 0 Å². The molecule has 0 saturated carbocycles. The van der Waals surface area contributed by atoms with Gasteiger partial charge in [0, 0.05) is 33.7 Å². The van der Waals surface area contributed by atoms with E-state index in [0.717, 1.165) is 34.4 Å². The van der Waals surface area contributed by atoms with Gasteiger partial charge in [0.15, 0.2) is 5.82 Å². The minimum atomic E-state index is -1.07. The summed E-state index contributed by atoms with van der Waals surface area (Å²) in [5, 5.41) is 17.8. The lowest BCUT2D eigenvalue weighted by atomic mass is 10.2. The zero-order valence-corrected chi connectivity index (χ0v) is 21.1. The summed E-state index contributed by atoms with van der Waals surface area (Å²) in [6.07, 6.45) is 1.63. The Balaban J connectivity index is 1.64. The van der Waals surface area contributed by atoms with Crippen LogP contribution in [0, 0.1) is 13.8 Å². The van der Waals surface area contributed by atoms with Gasteiger partial charge in [-0.15, -0.1) is 5.10 Å². The minimum absolute atomic E-state index is 0.0927. The van der Waals surface area contributed by atoms with Gasteiger partial charge in [0.1, 0.15) is 16.4 Å². The molecular weight excluding hydrogens is 488 g/mol. The number of carbonyl (C=O) groups is 1. The van der Waals surface area contributed by atoms with Crippen LogP contribution >= 0.6 is 23.4 Å². The molecule has 10 heteroatoms. The molecule has 2 N–H and O–H groups in total. The van der Waals surface area contributed by atoms with Gasteiger partial charge in [0.25, 0.3) is 0 Å². The highest BCUT2D eigenvalue weighted by atomic mass is 35.5. The predicted molar refractivity (Wildman–Crippen MR) is 137 cm³/mol. The molecule has 0 radical (unpaired) electrons. The number of aliphatic carboxylic acids is 1. The van der Waals surface area contributed by atoms with Gasteiger partial charge in [0.05, 0.1) is 14.2 Å². The molecule has 0 atom stereocenters. The van der Waals surface area contributed by atoms with Crippen molar-refractivity contribution in [2.24, 2.45) is 0 Å². The monoisotopic (exact) mass is 510 g/mol. The van der Waals surface area contributed by atoms with Gasteiger partial charge in [-0.2, -0.15) is 0 Å². The lowest BCUT2D eigenvalue weighted by molar-refractivity contribution is -0.131. The first-order chi connectivity index (χ1) is 16.8. The molecule has 0 aliphatic rings. The number of nitrogens with one attached hydrogen (secondary N) is 1. The maximum absolute atomic E-state index is 12.1. The summed E-state index contributed by atoms with van der Waals surface area (Å²) in [7, 11) is 3.13. The van der Waals surface area contributed by atoms with E-state index in [-0.39, 0.29) is 10.1 Å². The van der Waals surface area contributed by atoms with Crippen molar-refractivity contribution in [1.82, 2.24) is 19.7 Å². The number of halogens is 1. The molecule has 4 aromatic rings. The van der Waals surface area contributed by atoms with Crippen molar-refractivity contribution < 1.29 is 19.4 Å². The molecule has 2 heterocycles. The van der Waals surface area contributed by atoms with Gasteiger partial charge in [-0.25, -0.2) is 9.78 Å². The Morgan fingerprint density at radius 3 is 2.34 bits per heavy atom. The van der Waals surface area contributed by atoms with Crippen molar-refractivity contribution in [2.75, 3.05) is 14.2 Å². The van der Waals surface area contributed by atoms with Crippen LogP contribution in [0.4, 0.5) is 0 Å². The summed E-state index contributed by atoms with van der Waals surface area (Å²) < 4.78 is 12.7. The first-order valence-electron chi connectivity index (χ1n) is 10.5.